The maximum atomic E-state index is 13.4. The quantitative estimate of drug-likeness (QED) is 0.0267. The average molecular weight is 871 g/mol. The number of ether oxygens (including phenoxy) is 8. The van der Waals surface area contributed by atoms with Crippen LogP contribution in [0.5, 0.6) is 11.5 Å². The van der Waals surface area contributed by atoms with Crippen LogP contribution in [0.15, 0.2) is 77.7 Å². The molecule has 0 spiro atoms. The van der Waals surface area contributed by atoms with Crippen molar-refractivity contribution in [2.45, 2.75) is 24.5 Å². The first kappa shape index (κ1) is 46.9. The smallest absolute Gasteiger partial charge is 0.300 e. The lowest BCUT2D eigenvalue weighted by Crippen LogP contribution is -2.13. The average Bonchev–Trinajstić information content (AvgIpc) is 3.21. The summed E-state index contributed by atoms with van der Waals surface area (Å²) in [5, 5.41) is 3.46. The molecule has 0 radical (unpaired) electrons. The number of methoxy groups -OCH3 is 2. The van der Waals surface area contributed by atoms with Crippen molar-refractivity contribution in [2.24, 2.45) is 0 Å². The van der Waals surface area contributed by atoms with Crippen molar-refractivity contribution >= 4 is 41.8 Å². The van der Waals surface area contributed by atoms with Gasteiger partial charge in [-0.15, -0.1) is 0 Å². The third kappa shape index (κ3) is 13.1. The Balaban J connectivity index is 1.52. The third-order valence-electron chi connectivity index (χ3n) is 9.38. The standard InChI is InChI=1S/C44H54O14S2/c1-31-6-9-37-35(24-31)28-39-38(33-7-10-41(36(27-33)30-59(45,46)47)57-22-20-55-18-16-53-14-12-50-3)25-32(2)26-40(39)44(37)34-8-11-42(43(29-34)60(48,49)52-5)58-23-21-56-19-17-54-15-13-51-4/h6-11,24-29H,12-23,30H2,1-5H3,(H,45,46,47). The first-order chi connectivity index (χ1) is 28.8. The van der Waals surface area contributed by atoms with Crippen LogP contribution in [0.4, 0.5) is 0 Å². The van der Waals surface area contributed by atoms with Crippen molar-refractivity contribution in [3.63, 3.8) is 0 Å². The Morgan fingerprint density at radius 2 is 1.08 bits per heavy atom. The highest BCUT2D eigenvalue weighted by Gasteiger charge is 2.23. The van der Waals surface area contributed by atoms with Gasteiger partial charge in [0.05, 0.1) is 73.2 Å². The first-order valence-electron chi connectivity index (χ1n) is 19.4. The van der Waals surface area contributed by atoms with Gasteiger partial charge in [-0.1, -0.05) is 48.0 Å². The van der Waals surface area contributed by atoms with Crippen LogP contribution in [-0.4, -0.2) is 122 Å². The minimum Gasteiger partial charge on any atom is -0.491 e. The molecule has 326 valence electrons. The number of rotatable bonds is 26. The summed E-state index contributed by atoms with van der Waals surface area (Å²) in [5.41, 5.74) is 5.07. The Morgan fingerprint density at radius 1 is 0.517 bits per heavy atom. The van der Waals surface area contributed by atoms with Gasteiger partial charge in [0, 0.05) is 19.8 Å². The van der Waals surface area contributed by atoms with Gasteiger partial charge >= 0.3 is 0 Å². The van der Waals surface area contributed by atoms with E-state index in [-0.39, 0.29) is 42.6 Å². The fraction of sp³-hybridized carbons (Fsp3) is 0.409. The van der Waals surface area contributed by atoms with Gasteiger partial charge < -0.3 is 37.9 Å². The highest BCUT2D eigenvalue weighted by atomic mass is 32.2. The minimum atomic E-state index is -4.44. The Hall–Kier alpha value is -4.20. The van der Waals surface area contributed by atoms with Crippen LogP contribution in [0, 0.1) is 13.8 Å². The minimum absolute atomic E-state index is 0.0883. The summed E-state index contributed by atoms with van der Waals surface area (Å²) in [7, 11) is -4.36. The number of hydrogen-bond donors (Lipinski definition) is 1. The Labute approximate surface area is 352 Å². The molecule has 0 aliphatic carbocycles. The lowest BCUT2D eigenvalue weighted by Gasteiger charge is -2.19. The van der Waals surface area contributed by atoms with E-state index in [2.05, 4.69) is 12.1 Å². The highest BCUT2D eigenvalue weighted by molar-refractivity contribution is 7.86. The van der Waals surface area contributed by atoms with Crippen molar-refractivity contribution in [1.82, 2.24) is 0 Å². The van der Waals surface area contributed by atoms with Gasteiger partial charge in [-0.05, 0) is 93.5 Å². The molecule has 0 amide bonds. The van der Waals surface area contributed by atoms with E-state index < -0.39 is 26.0 Å². The zero-order chi connectivity index (χ0) is 43.1. The van der Waals surface area contributed by atoms with Crippen molar-refractivity contribution in [3.05, 3.63) is 89.5 Å². The van der Waals surface area contributed by atoms with E-state index in [1.165, 1.54) is 0 Å². The van der Waals surface area contributed by atoms with Gasteiger partial charge in [0.2, 0.25) is 0 Å². The van der Waals surface area contributed by atoms with Crippen LogP contribution in [0.2, 0.25) is 0 Å². The molecule has 5 aromatic rings. The molecule has 0 atom stereocenters. The van der Waals surface area contributed by atoms with E-state index in [9.17, 15) is 21.4 Å². The molecule has 16 heteroatoms. The summed E-state index contributed by atoms with van der Waals surface area (Å²) in [6.45, 7) is 7.98. The van der Waals surface area contributed by atoms with E-state index in [4.69, 9.17) is 42.1 Å². The van der Waals surface area contributed by atoms with E-state index in [0.717, 1.165) is 50.9 Å². The summed E-state index contributed by atoms with van der Waals surface area (Å²) in [6.07, 6.45) is 0. The van der Waals surface area contributed by atoms with E-state index in [1.54, 1.807) is 38.5 Å². The van der Waals surface area contributed by atoms with Gasteiger partial charge in [0.25, 0.3) is 20.2 Å². The molecule has 14 nitrogen and oxygen atoms in total. The fourth-order valence-corrected chi connectivity index (χ4v) is 8.10. The lowest BCUT2D eigenvalue weighted by atomic mass is 9.87. The SMILES string of the molecule is COCCOCCOCCOc1ccc(-c2cc(C)cc3c(-c4ccc(OCCOCCOCCOC)c(S(=O)(=O)OC)c4)c4ccc(C)cc4cc23)cc1CS(=O)(=O)O. The van der Waals surface area contributed by atoms with Crippen LogP contribution >= 0.6 is 0 Å². The monoisotopic (exact) mass is 870 g/mol. The molecule has 0 aliphatic rings. The summed E-state index contributed by atoms with van der Waals surface area (Å²) in [6, 6.07) is 22.4. The molecule has 5 rings (SSSR count). The number of benzene rings is 5. The molecular weight excluding hydrogens is 817 g/mol. The van der Waals surface area contributed by atoms with Gasteiger partial charge in [0.1, 0.15) is 35.4 Å². The van der Waals surface area contributed by atoms with E-state index in [1.807, 2.05) is 50.2 Å². The molecule has 0 heterocycles. The Bertz CT molecular complexity index is 2420. The van der Waals surface area contributed by atoms with Crippen molar-refractivity contribution in [2.75, 3.05) is 101 Å². The molecule has 60 heavy (non-hydrogen) atoms. The molecule has 0 bridgehead atoms. The highest BCUT2D eigenvalue weighted by Crippen LogP contribution is 2.43. The molecule has 0 fully saturated rings. The normalized spacial score (nSPS) is 12.1. The summed E-state index contributed by atoms with van der Waals surface area (Å²) < 4.78 is 110. The third-order valence-corrected chi connectivity index (χ3v) is 11.4. The lowest BCUT2D eigenvalue weighted by molar-refractivity contribution is 0.0177. The summed E-state index contributed by atoms with van der Waals surface area (Å²) in [4.78, 5) is -0.137. The van der Waals surface area contributed by atoms with Gasteiger partial charge in [-0.2, -0.15) is 16.8 Å². The van der Waals surface area contributed by atoms with Crippen LogP contribution < -0.4 is 9.47 Å². The fourth-order valence-electron chi connectivity index (χ4n) is 6.65. The largest absolute Gasteiger partial charge is 0.491 e. The van der Waals surface area contributed by atoms with Crippen molar-refractivity contribution in [3.8, 4) is 33.8 Å². The maximum absolute atomic E-state index is 13.4. The number of hydrogen-bond acceptors (Lipinski definition) is 13. The van der Waals surface area contributed by atoms with Crippen molar-refractivity contribution in [1.29, 1.82) is 0 Å². The predicted molar refractivity (Wildman–Crippen MR) is 229 cm³/mol. The maximum Gasteiger partial charge on any atom is 0.300 e. The molecular formula is C44H54O14S2. The molecule has 0 aromatic heterocycles. The van der Waals surface area contributed by atoms with Crippen LogP contribution in [0.25, 0.3) is 43.8 Å². The molecule has 1 N–H and O–H groups in total. The second-order valence-corrected chi connectivity index (χ2v) is 17.0. The van der Waals surface area contributed by atoms with Gasteiger partial charge in [0.15, 0.2) is 0 Å². The Morgan fingerprint density at radius 3 is 1.68 bits per heavy atom. The number of fused-ring (bicyclic) bond motifs is 2. The van der Waals surface area contributed by atoms with Crippen LogP contribution in [-0.2, 0) is 58.6 Å². The van der Waals surface area contributed by atoms with Gasteiger partial charge in [-0.3, -0.25) is 8.74 Å². The van der Waals surface area contributed by atoms with Gasteiger partial charge in [-0.25, -0.2) is 0 Å². The first-order valence-corrected chi connectivity index (χ1v) is 22.4. The molecule has 0 saturated carbocycles. The molecule has 5 aromatic carbocycles. The van der Waals surface area contributed by atoms with Crippen LogP contribution in [0.1, 0.15) is 16.7 Å². The zero-order valence-electron chi connectivity index (χ0n) is 34.7. The van der Waals surface area contributed by atoms with E-state index >= 15 is 0 Å². The van der Waals surface area contributed by atoms with E-state index in [0.29, 0.717) is 69.7 Å². The number of aryl methyl sites for hydroxylation is 2. The topological polar surface area (TPSA) is 172 Å². The van der Waals surface area contributed by atoms with Crippen molar-refractivity contribution < 1.29 is 63.5 Å². The zero-order valence-corrected chi connectivity index (χ0v) is 36.3. The Kier molecular flexibility index (Phi) is 17.6. The molecule has 0 saturated heterocycles. The second-order valence-electron chi connectivity index (χ2n) is 13.8. The molecule has 0 aliphatic heterocycles. The molecule has 0 unspecified atom stereocenters. The predicted octanol–water partition coefficient (Wildman–Crippen LogP) is 6.78. The van der Waals surface area contributed by atoms with Crippen LogP contribution in [0.3, 0.4) is 0 Å². The summed E-state index contributed by atoms with van der Waals surface area (Å²) >= 11 is 0. The summed E-state index contributed by atoms with van der Waals surface area (Å²) in [5.74, 6) is -0.255. The second kappa shape index (κ2) is 22.6.